The summed E-state index contributed by atoms with van der Waals surface area (Å²) >= 11 is 0. The van der Waals surface area contributed by atoms with Crippen LogP contribution < -0.4 is 15.5 Å². The van der Waals surface area contributed by atoms with Crippen LogP contribution in [0.4, 0.5) is 14.9 Å². The lowest BCUT2D eigenvalue weighted by atomic mass is 9.58. The maximum atomic E-state index is 14.9. The minimum Gasteiger partial charge on any atom is -0.453 e. The smallest absolute Gasteiger partial charge is 0.407 e. The molecule has 2 aromatic rings. The molecule has 1 saturated carbocycles. The van der Waals surface area contributed by atoms with Crippen LogP contribution in [0.3, 0.4) is 0 Å². The van der Waals surface area contributed by atoms with Gasteiger partial charge in [-0.05, 0) is 111 Å². The molecule has 1 aliphatic carbocycles. The zero-order valence-corrected chi connectivity index (χ0v) is 32.2. The lowest BCUT2D eigenvalue weighted by molar-refractivity contribution is -0.126. The minimum atomic E-state index is -3.63. The van der Waals surface area contributed by atoms with E-state index in [1.165, 1.54) is 26.2 Å². The molecular weight excluding hydrogens is 714 g/mol. The number of rotatable bonds is 12. The van der Waals surface area contributed by atoms with Crippen LogP contribution in [-0.2, 0) is 29.6 Å². The molecule has 3 N–H and O–H groups in total. The second-order valence-electron chi connectivity index (χ2n) is 15.7. The molecule has 54 heavy (non-hydrogen) atoms. The molecule has 3 saturated heterocycles. The topological polar surface area (TPSA) is 149 Å². The summed E-state index contributed by atoms with van der Waals surface area (Å²) in [6.45, 7) is 8.68. The van der Waals surface area contributed by atoms with Crippen molar-refractivity contribution in [3.05, 3.63) is 72.6 Å². The lowest BCUT2D eigenvalue weighted by Gasteiger charge is -2.53. The molecule has 4 aliphatic rings. The second kappa shape index (κ2) is 16.4. The number of methoxy groups -OCH3 is 1. The van der Waals surface area contributed by atoms with Crippen LogP contribution in [0.1, 0.15) is 57.4 Å². The highest BCUT2D eigenvalue weighted by molar-refractivity contribution is 7.92. The van der Waals surface area contributed by atoms with Gasteiger partial charge in [0.2, 0.25) is 11.8 Å². The molecule has 3 amide bonds. The van der Waals surface area contributed by atoms with Crippen molar-refractivity contribution < 1.29 is 37.0 Å². The zero-order valence-electron chi connectivity index (χ0n) is 31.3. The fourth-order valence-corrected chi connectivity index (χ4v) is 11.4. The Morgan fingerprint density at radius 3 is 2.41 bits per heavy atom. The molecule has 3 aliphatic heterocycles. The van der Waals surface area contributed by atoms with Crippen LogP contribution in [0, 0.1) is 17.7 Å². The van der Waals surface area contributed by atoms with Crippen molar-refractivity contribution >= 4 is 33.4 Å². The number of β-amino-alcohol motifs (C(OH)–C–C–N with tert-alkyl or cyclic N) is 1. The molecule has 3 heterocycles. The fourth-order valence-electron chi connectivity index (χ4n) is 9.67. The maximum absolute atomic E-state index is 14.9. The number of hydrogen-bond donors (Lipinski definition) is 3. The van der Waals surface area contributed by atoms with Crippen LogP contribution >= 0.6 is 0 Å². The number of nitrogens with zero attached hydrogens (tertiary/aromatic N) is 3. The number of piperidine rings is 2. The van der Waals surface area contributed by atoms with E-state index in [0.29, 0.717) is 58.7 Å². The van der Waals surface area contributed by atoms with Crippen LogP contribution in [0.25, 0.3) is 0 Å². The number of aliphatic hydroxyl groups is 1. The molecule has 0 unspecified atom stereocenters. The summed E-state index contributed by atoms with van der Waals surface area (Å²) in [5.41, 5.74) is 0.0472. The average Bonchev–Trinajstić information content (AvgIpc) is 3.62. The third-order valence-electron chi connectivity index (χ3n) is 12.3. The SMILES string of the molecule is C=CC(=O)N1CCC[C@@H](S(=O)(=O)c2ccc(N3CC(O)(CN4CCC([C@@](CNC(C)=O)(c5cccc(F)c5)[C@H]5CCC[C@@H]5NC(=O)OC)CC4)C3)cc2)C1. The van der Waals surface area contributed by atoms with E-state index in [0.717, 1.165) is 43.4 Å². The third kappa shape index (κ3) is 8.30. The van der Waals surface area contributed by atoms with E-state index >= 15 is 0 Å². The molecule has 6 rings (SSSR count). The first-order valence-corrected chi connectivity index (χ1v) is 20.6. The quantitative estimate of drug-likeness (QED) is 0.276. The Bertz CT molecular complexity index is 1800. The van der Waals surface area contributed by atoms with Crippen molar-refractivity contribution in [2.45, 2.75) is 79.1 Å². The first-order valence-electron chi connectivity index (χ1n) is 19.1. The standard InChI is InChI=1S/C40H54FN5O7S/c1-4-37(48)45-19-7-10-34(23-45)54(51,52)33-15-13-32(14-16-33)46-26-39(50,27-46)25-44-20-17-29(18-21-44)40(24-42-28(2)47,30-8-5-9-31(41)22-30)35-11-6-12-36(35)43-38(49)53-3/h4-5,8-9,13-16,22,29,34-36,50H,1,6-7,10-12,17-21,23-27H2,2-3H3,(H,42,47)(H,43,49)/t34-,35+,36+,40+/m1/s1. The molecule has 2 aromatic carbocycles. The molecule has 294 valence electrons. The minimum absolute atomic E-state index is 0.0635. The number of halogens is 1. The van der Waals surface area contributed by atoms with Gasteiger partial charge in [-0.15, -0.1) is 0 Å². The van der Waals surface area contributed by atoms with E-state index in [9.17, 15) is 32.3 Å². The summed E-state index contributed by atoms with van der Waals surface area (Å²) in [4.78, 5) is 43.0. The molecule has 12 nitrogen and oxygen atoms in total. The van der Waals surface area contributed by atoms with E-state index in [1.807, 2.05) is 11.0 Å². The van der Waals surface area contributed by atoms with E-state index in [4.69, 9.17) is 4.74 Å². The molecule has 0 spiro atoms. The number of likely N-dealkylation sites (tertiary alicyclic amines) is 2. The van der Waals surface area contributed by atoms with Crippen molar-refractivity contribution in [3.63, 3.8) is 0 Å². The number of ether oxygens (including phenoxy) is 1. The number of carbonyl (C=O) groups is 3. The summed E-state index contributed by atoms with van der Waals surface area (Å²) < 4.78 is 46.7. The van der Waals surface area contributed by atoms with Crippen molar-refractivity contribution in [1.82, 2.24) is 20.4 Å². The highest BCUT2D eigenvalue weighted by Gasteiger charge is 2.53. The largest absolute Gasteiger partial charge is 0.453 e. The van der Waals surface area contributed by atoms with Gasteiger partial charge in [-0.2, -0.15) is 0 Å². The van der Waals surface area contributed by atoms with Gasteiger partial charge in [-0.3, -0.25) is 9.59 Å². The highest BCUT2D eigenvalue weighted by Crippen LogP contribution is 2.50. The van der Waals surface area contributed by atoms with Gasteiger partial charge >= 0.3 is 6.09 Å². The Labute approximate surface area is 318 Å². The number of nitrogens with one attached hydrogen (secondary N) is 2. The summed E-state index contributed by atoms with van der Waals surface area (Å²) in [6.07, 6.45) is 5.79. The summed E-state index contributed by atoms with van der Waals surface area (Å²) in [6, 6.07) is 13.2. The number of hydrogen-bond acceptors (Lipinski definition) is 9. The molecular formula is C40H54FN5O7S. The number of sulfone groups is 1. The predicted octanol–water partition coefficient (Wildman–Crippen LogP) is 3.64. The van der Waals surface area contributed by atoms with Crippen LogP contribution in [0.15, 0.2) is 66.1 Å². The number of alkyl carbamates (subject to hydrolysis) is 1. The van der Waals surface area contributed by atoms with E-state index in [-0.39, 0.29) is 46.9 Å². The Kier molecular flexibility index (Phi) is 12.0. The highest BCUT2D eigenvalue weighted by atomic mass is 32.2. The first kappa shape index (κ1) is 39.7. The first-order chi connectivity index (χ1) is 25.8. The molecule has 14 heteroatoms. The number of carbonyl (C=O) groups excluding carboxylic acids is 3. The normalized spacial score (nSPS) is 24.6. The van der Waals surface area contributed by atoms with Gasteiger partial charge in [0.05, 0.1) is 17.3 Å². The third-order valence-corrected chi connectivity index (χ3v) is 14.5. The van der Waals surface area contributed by atoms with Gasteiger partial charge in [0, 0.05) is 63.3 Å². The summed E-state index contributed by atoms with van der Waals surface area (Å²) in [5, 5.41) is 17.0. The van der Waals surface area contributed by atoms with Crippen LogP contribution in [-0.4, -0.2) is 118 Å². The van der Waals surface area contributed by atoms with Crippen molar-refractivity contribution in [1.29, 1.82) is 0 Å². The second-order valence-corrected chi connectivity index (χ2v) is 17.9. The van der Waals surface area contributed by atoms with E-state index < -0.39 is 32.2 Å². The maximum Gasteiger partial charge on any atom is 0.407 e. The molecule has 4 fully saturated rings. The van der Waals surface area contributed by atoms with Crippen molar-refractivity contribution in [2.75, 3.05) is 64.4 Å². The summed E-state index contributed by atoms with van der Waals surface area (Å²) in [5.74, 6) is -0.779. The number of anilines is 1. The van der Waals surface area contributed by atoms with E-state index in [2.05, 4.69) is 22.1 Å². The van der Waals surface area contributed by atoms with Gasteiger partial charge in [0.25, 0.3) is 0 Å². The van der Waals surface area contributed by atoms with Gasteiger partial charge < -0.3 is 35.2 Å². The Hall–Kier alpha value is -4.01. The van der Waals surface area contributed by atoms with Gasteiger partial charge in [0.15, 0.2) is 9.84 Å². The summed E-state index contributed by atoms with van der Waals surface area (Å²) in [7, 11) is -2.29. The monoisotopic (exact) mass is 767 g/mol. The average molecular weight is 768 g/mol. The Balaban J connectivity index is 1.11. The van der Waals surface area contributed by atoms with Gasteiger partial charge in [-0.25, -0.2) is 17.6 Å². The molecule has 0 bridgehead atoms. The lowest BCUT2D eigenvalue weighted by Crippen LogP contribution is -2.67. The van der Waals surface area contributed by atoms with Gasteiger partial charge in [0.1, 0.15) is 11.4 Å². The predicted molar refractivity (Wildman–Crippen MR) is 203 cm³/mol. The van der Waals surface area contributed by atoms with Crippen LogP contribution in [0.2, 0.25) is 0 Å². The Morgan fingerprint density at radius 2 is 1.76 bits per heavy atom. The van der Waals surface area contributed by atoms with E-state index in [1.54, 1.807) is 41.3 Å². The van der Waals surface area contributed by atoms with Crippen molar-refractivity contribution in [2.24, 2.45) is 11.8 Å². The zero-order chi connectivity index (χ0) is 38.7. The number of benzene rings is 2. The number of amides is 3. The fraction of sp³-hybridized carbons (Fsp3) is 0.575. The van der Waals surface area contributed by atoms with Crippen LogP contribution in [0.5, 0.6) is 0 Å². The molecule has 0 aromatic heterocycles. The van der Waals surface area contributed by atoms with Gasteiger partial charge in [-0.1, -0.05) is 25.1 Å². The Morgan fingerprint density at radius 1 is 1.04 bits per heavy atom. The molecule has 0 radical (unpaired) electrons. The van der Waals surface area contributed by atoms with Crippen molar-refractivity contribution in [3.8, 4) is 0 Å². The molecule has 4 atom stereocenters.